The molecule has 0 aromatic rings. The minimum atomic E-state index is -0.942. The molecule has 0 unspecified atom stereocenters. The third kappa shape index (κ3) is 7.66. The summed E-state index contributed by atoms with van der Waals surface area (Å²) in [6.45, 7) is 9.81. The highest BCUT2D eigenvalue weighted by molar-refractivity contribution is 6.76. The van der Waals surface area contributed by atoms with Gasteiger partial charge in [-0.1, -0.05) is 19.6 Å². The predicted molar refractivity (Wildman–Crippen MR) is 56.8 cm³/mol. The third-order valence-corrected chi connectivity index (χ3v) is 3.35. The van der Waals surface area contributed by atoms with Crippen molar-refractivity contribution < 1.29 is 4.79 Å². The molecule has 0 aromatic carbocycles. The van der Waals surface area contributed by atoms with Crippen LogP contribution in [0.2, 0.25) is 25.7 Å². The molecule has 0 saturated heterocycles. The lowest BCUT2D eigenvalue weighted by molar-refractivity contribution is -0.106. The van der Waals surface area contributed by atoms with Crippen LogP contribution in [0.15, 0.2) is 4.99 Å². The van der Waals surface area contributed by atoms with Gasteiger partial charge in [-0.05, 0) is 13.0 Å². The van der Waals surface area contributed by atoms with Crippen molar-refractivity contribution in [2.75, 3.05) is 6.54 Å². The van der Waals surface area contributed by atoms with Crippen molar-refractivity contribution in [1.82, 2.24) is 0 Å². The van der Waals surface area contributed by atoms with Crippen LogP contribution in [-0.2, 0) is 4.79 Å². The van der Waals surface area contributed by atoms with Crippen LogP contribution in [0.1, 0.15) is 13.3 Å². The van der Waals surface area contributed by atoms with E-state index >= 15 is 0 Å². The lowest BCUT2D eigenvalue weighted by atomic mass is 10.3. The van der Waals surface area contributed by atoms with Crippen LogP contribution < -0.4 is 0 Å². The van der Waals surface area contributed by atoms with E-state index < -0.39 is 8.07 Å². The molecule has 0 radical (unpaired) electrons. The minimum absolute atomic E-state index is 0.492. The van der Waals surface area contributed by atoms with E-state index in [9.17, 15) is 4.79 Å². The highest BCUT2D eigenvalue weighted by Crippen LogP contribution is 2.07. The van der Waals surface area contributed by atoms with Crippen molar-refractivity contribution in [3.63, 3.8) is 0 Å². The highest BCUT2D eigenvalue weighted by Gasteiger charge is 2.11. The zero-order valence-corrected chi connectivity index (χ0v) is 9.55. The fraction of sp³-hybridized carbons (Fsp3) is 0.778. The van der Waals surface area contributed by atoms with Gasteiger partial charge in [0.1, 0.15) is 6.29 Å². The first-order valence-electron chi connectivity index (χ1n) is 4.39. The van der Waals surface area contributed by atoms with Crippen LogP contribution >= 0.6 is 0 Å². The fourth-order valence-corrected chi connectivity index (χ4v) is 1.55. The Bertz CT molecular complexity index is 170. The Kier molecular flexibility index (Phi) is 5.05. The monoisotopic (exact) mass is 185 g/mol. The molecule has 0 rings (SSSR count). The molecule has 0 heterocycles. The smallest absolute Gasteiger partial charge is 0.125 e. The molecule has 12 heavy (non-hydrogen) atoms. The van der Waals surface area contributed by atoms with Gasteiger partial charge in [-0.3, -0.25) is 4.99 Å². The quantitative estimate of drug-likeness (QED) is 0.367. The first kappa shape index (κ1) is 11.6. The summed E-state index contributed by atoms with van der Waals surface area (Å²) in [6.07, 6.45) is 1.40. The third-order valence-electron chi connectivity index (χ3n) is 1.62. The molecule has 0 aliphatic rings. The maximum absolute atomic E-state index is 10.1. The van der Waals surface area contributed by atoms with Gasteiger partial charge in [0.05, 0.1) is 0 Å². The summed E-state index contributed by atoms with van der Waals surface area (Å²) >= 11 is 0. The molecule has 0 spiro atoms. The molecule has 0 aliphatic heterocycles. The van der Waals surface area contributed by atoms with Crippen LogP contribution in [0.25, 0.3) is 0 Å². The van der Waals surface area contributed by atoms with E-state index in [1.54, 1.807) is 0 Å². The van der Waals surface area contributed by atoms with E-state index in [4.69, 9.17) is 0 Å². The van der Waals surface area contributed by atoms with Gasteiger partial charge in [-0.15, -0.1) is 0 Å². The van der Waals surface area contributed by atoms with Crippen LogP contribution in [0.4, 0.5) is 0 Å². The van der Waals surface area contributed by atoms with Crippen molar-refractivity contribution in [2.45, 2.75) is 39.0 Å². The van der Waals surface area contributed by atoms with Crippen LogP contribution in [0, 0.1) is 0 Å². The molecule has 0 aliphatic carbocycles. The Hall–Kier alpha value is -0.443. The SMILES string of the molecule is CC(CC=O)=NCC[Si](C)(C)C. The fourth-order valence-electron chi connectivity index (χ4n) is 0.767. The van der Waals surface area contributed by atoms with E-state index in [1.807, 2.05) is 6.92 Å². The number of rotatable bonds is 5. The summed E-state index contributed by atoms with van der Waals surface area (Å²) in [5.41, 5.74) is 0.961. The van der Waals surface area contributed by atoms with Gasteiger partial charge in [-0.25, -0.2) is 0 Å². The van der Waals surface area contributed by atoms with E-state index in [0.29, 0.717) is 6.42 Å². The van der Waals surface area contributed by atoms with Crippen LogP contribution in [0.5, 0.6) is 0 Å². The van der Waals surface area contributed by atoms with E-state index in [-0.39, 0.29) is 0 Å². The van der Waals surface area contributed by atoms with Gasteiger partial charge in [-0.2, -0.15) is 0 Å². The summed E-state index contributed by atoms with van der Waals surface area (Å²) in [7, 11) is -0.942. The number of nitrogens with zero attached hydrogens (tertiary/aromatic N) is 1. The van der Waals surface area contributed by atoms with Gasteiger partial charge in [0.25, 0.3) is 0 Å². The molecule has 70 valence electrons. The number of carbonyl (C=O) groups excluding carboxylic acids is 1. The van der Waals surface area contributed by atoms with Crippen LogP contribution in [0.3, 0.4) is 0 Å². The highest BCUT2D eigenvalue weighted by atomic mass is 28.3. The molecule has 3 heteroatoms. The van der Waals surface area contributed by atoms with E-state index in [0.717, 1.165) is 18.5 Å². The summed E-state index contributed by atoms with van der Waals surface area (Å²) in [5.74, 6) is 0. The standard InChI is InChI=1S/C9H19NOSi/c1-9(5-7-11)10-6-8-12(2,3)4/h7H,5-6,8H2,1-4H3. The summed E-state index contributed by atoms with van der Waals surface area (Å²) < 4.78 is 0. The van der Waals surface area contributed by atoms with Crippen LogP contribution in [-0.4, -0.2) is 26.6 Å². The van der Waals surface area contributed by atoms with Gasteiger partial charge in [0.15, 0.2) is 0 Å². The van der Waals surface area contributed by atoms with Gasteiger partial charge in [0.2, 0.25) is 0 Å². The lowest BCUT2D eigenvalue weighted by Gasteiger charge is -2.13. The van der Waals surface area contributed by atoms with Gasteiger partial charge in [0, 0.05) is 26.8 Å². The summed E-state index contributed by atoms with van der Waals surface area (Å²) in [5, 5.41) is 0. The molecule has 0 bridgehead atoms. The normalized spacial score (nSPS) is 13.2. The Labute approximate surface area is 76.1 Å². The van der Waals surface area contributed by atoms with Crippen molar-refractivity contribution in [2.24, 2.45) is 4.99 Å². The van der Waals surface area contributed by atoms with Gasteiger partial charge >= 0.3 is 0 Å². The van der Waals surface area contributed by atoms with E-state index in [2.05, 4.69) is 24.6 Å². The van der Waals surface area contributed by atoms with Crippen molar-refractivity contribution in [3.05, 3.63) is 0 Å². The van der Waals surface area contributed by atoms with E-state index in [1.165, 1.54) is 6.04 Å². The molecule has 0 amide bonds. The maximum atomic E-state index is 10.1. The minimum Gasteiger partial charge on any atom is -0.303 e. The molecular formula is C9H19NOSi. The second-order valence-electron chi connectivity index (χ2n) is 4.30. The number of aliphatic imine (C=N–C) groups is 1. The predicted octanol–water partition coefficient (Wildman–Crippen LogP) is 2.37. The zero-order valence-electron chi connectivity index (χ0n) is 8.55. The largest absolute Gasteiger partial charge is 0.303 e. The van der Waals surface area contributed by atoms with Gasteiger partial charge < -0.3 is 4.79 Å². The molecule has 0 N–H and O–H groups in total. The number of carbonyl (C=O) groups is 1. The summed E-state index contributed by atoms with van der Waals surface area (Å²) in [6, 6.07) is 1.21. The zero-order chi connectivity index (χ0) is 9.61. The number of aldehydes is 1. The summed E-state index contributed by atoms with van der Waals surface area (Å²) in [4.78, 5) is 14.4. The number of hydrogen-bond donors (Lipinski definition) is 0. The molecule has 0 fully saturated rings. The van der Waals surface area contributed by atoms with Crippen molar-refractivity contribution >= 4 is 20.1 Å². The Morgan fingerprint density at radius 1 is 1.42 bits per heavy atom. The Morgan fingerprint density at radius 2 is 2.00 bits per heavy atom. The first-order valence-corrected chi connectivity index (χ1v) is 8.10. The first-order chi connectivity index (χ1) is 5.45. The lowest BCUT2D eigenvalue weighted by Crippen LogP contribution is -2.20. The molecule has 0 saturated carbocycles. The Morgan fingerprint density at radius 3 is 2.42 bits per heavy atom. The van der Waals surface area contributed by atoms with Crippen molar-refractivity contribution in [1.29, 1.82) is 0 Å². The average molecular weight is 185 g/mol. The molecule has 0 atom stereocenters. The maximum Gasteiger partial charge on any atom is 0.125 e. The van der Waals surface area contributed by atoms with Crippen molar-refractivity contribution in [3.8, 4) is 0 Å². The second-order valence-corrected chi connectivity index (χ2v) is 9.92. The topological polar surface area (TPSA) is 29.4 Å². The second kappa shape index (κ2) is 5.25. The Balaban J connectivity index is 3.66. The molecule has 2 nitrogen and oxygen atoms in total. The number of hydrogen-bond acceptors (Lipinski definition) is 2. The molecule has 0 aromatic heterocycles. The average Bonchev–Trinajstić information content (AvgIpc) is 1.84. The molecular weight excluding hydrogens is 166 g/mol.